The second-order valence-electron chi connectivity index (χ2n) is 3.39. The minimum atomic E-state index is -0.0868. The van der Waals surface area contributed by atoms with Crippen LogP contribution in [0.5, 0.6) is 0 Å². The van der Waals surface area contributed by atoms with Crippen LogP contribution in [-0.2, 0) is 13.0 Å². The molecule has 0 aliphatic heterocycles. The smallest absolute Gasteiger partial charge is 0.167 e. The van der Waals surface area contributed by atoms with E-state index in [9.17, 15) is 0 Å². The average Bonchev–Trinajstić information content (AvgIpc) is 2.78. The number of rotatable bonds is 3. The zero-order valence-corrected chi connectivity index (χ0v) is 8.60. The Balaban J connectivity index is 2.28. The van der Waals surface area contributed by atoms with E-state index in [1.54, 1.807) is 6.07 Å². The Morgan fingerprint density at radius 3 is 2.53 bits per heavy atom. The van der Waals surface area contributed by atoms with Crippen LogP contribution in [0.4, 0.5) is 0 Å². The van der Waals surface area contributed by atoms with E-state index < -0.39 is 0 Å². The molecule has 0 aliphatic rings. The molecule has 15 heavy (non-hydrogen) atoms. The van der Waals surface area contributed by atoms with Crippen LogP contribution in [-0.4, -0.2) is 10.3 Å². The Bertz CT molecular complexity index is 431. The van der Waals surface area contributed by atoms with Gasteiger partial charge < -0.3 is 9.63 Å². The van der Waals surface area contributed by atoms with Gasteiger partial charge in [0.05, 0.1) is 6.61 Å². The van der Waals surface area contributed by atoms with Crippen LogP contribution in [0.15, 0.2) is 34.9 Å². The first-order chi connectivity index (χ1) is 7.33. The summed E-state index contributed by atoms with van der Waals surface area (Å²) in [6, 6.07) is 9.88. The van der Waals surface area contributed by atoms with Gasteiger partial charge in [-0.25, -0.2) is 0 Å². The molecule has 0 amide bonds. The molecular weight excluding hydrogens is 190 g/mol. The highest BCUT2D eigenvalue weighted by atomic mass is 16.5. The van der Waals surface area contributed by atoms with E-state index in [2.05, 4.69) is 24.2 Å². The third kappa shape index (κ3) is 2.07. The summed E-state index contributed by atoms with van der Waals surface area (Å²) in [5.41, 5.74) is 2.84. The number of hydrogen-bond donors (Lipinski definition) is 1. The van der Waals surface area contributed by atoms with Crippen molar-refractivity contribution < 1.29 is 9.63 Å². The highest BCUT2D eigenvalue weighted by molar-refractivity contribution is 5.57. The molecular formula is C12H13NO2. The van der Waals surface area contributed by atoms with Crippen molar-refractivity contribution in [2.45, 2.75) is 20.0 Å². The highest BCUT2D eigenvalue weighted by Gasteiger charge is 2.05. The summed E-state index contributed by atoms with van der Waals surface area (Å²) in [6.07, 6.45) is 1.03. The van der Waals surface area contributed by atoms with Crippen LogP contribution < -0.4 is 0 Å². The van der Waals surface area contributed by atoms with Crippen LogP contribution in [0.3, 0.4) is 0 Å². The molecule has 0 bridgehead atoms. The van der Waals surface area contributed by atoms with E-state index in [4.69, 9.17) is 9.63 Å². The molecule has 1 heterocycles. The molecule has 0 spiro atoms. The van der Waals surface area contributed by atoms with Crippen molar-refractivity contribution in [3.8, 4) is 11.3 Å². The van der Waals surface area contributed by atoms with Gasteiger partial charge in [0, 0.05) is 11.6 Å². The molecule has 0 radical (unpaired) electrons. The first-order valence-electron chi connectivity index (χ1n) is 4.99. The lowest BCUT2D eigenvalue weighted by atomic mass is 10.1. The fourth-order valence-electron chi connectivity index (χ4n) is 1.43. The standard InChI is InChI=1S/C12H13NO2/c1-2-9-3-5-10(6-4-9)12-7-11(8-14)13-15-12/h3-7,14H,2,8H2,1H3. The maximum absolute atomic E-state index is 8.86. The Morgan fingerprint density at radius 1 is 1.27 bits per heavy atom. The van der Waals surface area contributed by atoms with Crippen molar-refractivity contribution in [2.75, 3.05) is 0 Å². The maximum Gasteiger partial charge on any atom is 0.167 e. The monoisotopic (exact) mass is 203 g/mol. The van der Waals surface area contributed by atoms with E-state index in [1.165, 1.54) is 5.56 Å². The van der Waals surface area contributed by atoms with Gasteiger partial charge in [-0.1, -0.05) is 36.3 Å². The molecule has 1 N–H and O–H groups in total. The van der Waals surface area contributed by atoms with E-state index >= 15 is 0 Å². The summed E-state index contributed by atoms with van der Waals surface area (Å²) in [5.74, 6) is 0.696. The number of aryl methyl sites for hydroxylation is 1. The summed E-state index contributed by atoms with van der Waals surface area (Å²) >= 11 is 0. The molecule has 1 aromatic carbocycles. The first-order valence-corrected chi connectivity index (χ1v) is 4.99. The van der Waals surface area contributed by atoms with Crippen molar-refractivity contribution in [3.05, 3.63) is 41.6 Å². The van der Waals surface area contributed by atoms with Crippen LogP contribution in [0.1, 0.15) is 18.2 Å². The van der Waals surface area contributed by atoms with Gasteiger partial charge in [0.1, 0.15) is 5.69 Å². The third-order valence-electron chi connectivity index (χ3n) is 2.37. The van der Waals surface area contributed by atoms with Gasteiger partial charge in [-0.05, 0) is 12.0 Å². The summed E-state index contributed by atoms with van der Waals surface area (Å²) in [6.45, 7) is 2.03. The second kappa shape index (κ2) is 4.28. The fourth-order valence-corrected chi connectivity index (χ4v) is 1.43. The lowest BCUT2D eigenvalue weighted by molar-refractivity contribution is 0.267. The fraction of sp³-hybridized carbons (Fsp3) is 0.250. The highest BCUT2D eigenvalue weighted by Crippen LogP contribution is 2.20. The molecule has 78 valence electrons. The summed E-state index contributed by atoms with van der Waals surface area (Å²) in [4.78, 5) is 0. The van der Waals surface area contributed by atoms with Gasteiger partial charge in [-0.3, -0.25) is 0 Å². The maximum atomic E-state index is 8.86. The average molecular weight is 203 g/mol. The quantitative estimate of drug-likeness (QED) is 0.833. The number of aliphatic hydroxyl groups is 1. The van der Waals surface area contributed by atoms with Crippen molar-refractivity contribution in [2.24, 2.45) is 0 Å². The molecule has 0 saturated carbocycles. The van der Waals surface area contributed by atoms with Gasteiger partial charge in [0.25, 0.3) is 0 Å². The summed E-state index contributed by atoms with van der Waals surface area (Å²) < 4.78 is 5.11. The van der Waals surface area contributed by atoms with Crippen molar-refractivity contribution in [3.63, 3.8) is 0 Å². The van der Waals surface area contributed by atoms with Gasteiger partial charge in [-0.15, -0.1) is 0 Å². The van der Waals surface area contributed by atoms with Gasteiger partial charge in [0.15, 0.2) is 5.76 Å². The van der Waals surface area contributed by atoms with Gasteiger partial charge in [0.2, 0.25) is 0 Å². The third-order valence-corrected chi connectivity index (χ3v) is 2.37. The predicted octanol–water partition coefficient (Wildman–Crippen LogP) is 2.40. The topological polar surface area (TPSA) is 46.3 Å². The largest absolute Gasteiger partial charge is 0.390 e. The molecule has 2 aromatic rings. The lowest BCUT2D eigenvalue weighted by Crippen LogP contribution is -1.80. The van der Waals surface area contributed by atoms with Crippen molar-refractivity contribution in [1.82, 2.24) is 5.16 Å². The van der Waals surface area contributed by atoms with Crippen LogP contribution in [0.25, 0.3) is 11.3 Å². The number of benzene rings is 1. The van der Waals surface area contributed by atoms with Crippen molar-refractivity contribution >= 4 is 0 Å². The zero-order chi connectivity index (χ0) is 10.7. The van der Waals surface area contributed by atoms with Crippen LogP contribution in [0, 0.1) is 0 Å². The first kappa shape index (κ1) is 9.93. The second-order valence-corrected chi connectivity index (χ2v) is 3.39. The molecule has 0 unspecified atom stereocenters. The minimum absolute atomic E-state index is 0.0868. The Kier molecular flexibility index (Phi) is 2.83. The lowest BCUT2D eigenvalue weighted by Gasteiger charge is -1.97. The van der Waals surface area contributed by atoms with E-state index in [0.717, 1.165) is 12.0 Å². The Hall–Kier alpha value is -1.61. The molecule has 2 rings (SSSR count). The van der Waals surface area contributed by atoms with Crippen molar-refractivity contribution in [1.29, 1.82) is 0 Å². The molecule has 0 saturated heterocycles. The van der Waals surface area contributed by atoms with Gasteiger partial charge in [-0.2, -0.15) is 0 Å². The Labute approximate surface area is 88.3 Å². The summed E-state index contributed by atoms with van der Waals surface area (Å²) in [5, 5.41) is 12.6. The molecule has 3 nitrogen and oxygen atoms in total. The molecule has 0 fully saturated rings. The molecule has 1 aromatic heterocycles. The zero-order valence-electron chi connectivity index (χ0n) is 8.60. The predicted molar refractivity (Wildman–Crippen MR) is 57.2 cm³/mol. The number of hydrogen-bond acceptors (Lipinski definition) is 3. The van der Waals surface area contributed by atoms with Crippen LogP contribution in [0.2, 0.25) is 0 Å². The van der Waals surface area contributed by atoms with E-state index in [1.807, 2.05) is 12.1 Å². The van der Waals surface area contributed by atoms with Crippen LogP contribution >= 0.6 is 0 Å². The Morgan fingerprint density at radius 2 is 2.00 bits per heavy atom. The number of aliphatic hydroxyl groups excluding tert-OH is 1. The normalized spacial score (nSPS) is 10.5. The SMILES string of the molecule is CCc1ccc(-c2cc(CO)no2)cc1. The molecule has 0 atom stereocenters. The number of aromatic nitrogens is 1. The van der Waals surface area contributed by atoms with E-state index in [0.29, 0.717) is 11.5 Å². The molecule has 0 aliphatic carbocycles. The summed E-state index contributed by atoms with van der Waals surface area (Å²) in [7, 11) is 0. The van der Waals surface area contributed by atoms with E-state index in [-0.39, 0.29) is 6.61 Å². The molecule has 3 heteroatoms. The number of nitrogens with zero attached hydrogens (tertiary/aromatic N) is 1. The van der Waals surface area contributed by atoms with Gasteiger partial charge >= 0.3 is 0 Å². The minimum Gasteiger partial charge on any atom is -0.390 e.